The van der Waals surface area contributed by atoms with Crippen molar-refractivity contribution in [1.29, 1.82) is 0 Å². The molecule has 1 aliphatic rings. The van der Waals surface area contributed by atoms with Crippen LogP contribution in [0.15, 0.2) is 42.5 Å². The summed E-state index contributed by atoms with van der Waals surface area (Å²) < 4.78 is 45.8. The normalized spacial score (nSPS) is 18.0. The topological polar surface area (TPSA) is 85.2 Å². The standard InChI is InChI=1S/C25H27F3N4O3/c1-32-20-8-5-17(25(26,27)28)13-19(20)30-21(32)15-29-22(33)9-11-24(12-10-23(34)31-24)14-16-3-6-18(35-2)7-4-16/h3-8,13H,9-12,14-15H2,1-2H3,(H,29,33)(H,31,34). The van der Waals surface area contributed by atoms with Crippen molar-refractivity contribution in [2.24, 2.45) is 7.05 Å². The molecule has 7 nitrogen and oxygen atoms in total. The Bertz CT molecular complexity index is 1240. The largest absolute Gasteiger partial charge is 0.497 e. The summed E-state index contributed by atoms with van der Waals surface area (Å²) >= 11 is 0. The molecule has 0 bridgehead atoms. The lowest BCUT2D eigenvalue weighted by Crippen LogP contribution is -2.44. The van der Waals surface area contributed by atoms with Gasteiger partial charge in [0.15, 0.2) is 0 Å². The minimum Gasteiger partial charge on any atom is -0.497 e. The van der Waals surface area contributed by atoms with E-state index in [2.05, 4.69) is 15.6 Å². The predicted molar refractivity (Wildman–Crippen MR) is 124 cm³/mol. The summed E-state index contributed by atoms with van der Waals surface area (Å²) in [5.74, 6) is 0.948. The maximum Gasteiger partial charge on any atom is 0.416 e. The zero-order chi connectivity index (χ0) is 25.2. The van der Waals surface area contributed by atoms with Gasteiger partial charge in [0.2, 0.25) is 11.8 Å². The van der Waals surface area contributed by atoms with Crippen LogP contribution in [0.2, 0.25) is 0 Å². The molecule has 1 aliphatic heterocycles. The number of hydrogen-bond acceptors (Lipinski definition) is 4. The van der Waals surface area contributed by atoms with Crippen molar-refractivity contribution < 1.29 is 27.5 Å². The molecule has 4 rings (SSSR count). The van der Waals surface area contributed by atoms with E-state index < -0.39 is 17.3 Å². The molecule has 1 saturated heterocycles. The average molecular weight is 489 g/mol. The molecule has 10 heteroatoms. The number of rotatable bonds is 8. The molecule has 2 aromatic carbocycles. The number of aromatic nitrogens is 2. The Labute approximate surface area is 200 Å². The predicted octanol–water partition coefficient (Wildman–Crippen LogP) is 3.89. The summed E-state index contributed by atoms with van der Waals surface area (Å²) in [5, 5.41) is 5.86. The number of methoxy groups -OCH3 is 1. The van der Waals surface area contributed by atoms with Gasteiger partial charge < -0.3 is 19.9 Å². The molecule has 2 amide bonds. The zero-order valence-corrected chi connectivity index (χ0v) is 19.5. The van der Waals surface area contributed by atoms with Crippen molar-refractivity contribution in [3.63, 3.8) is 0 Å². The number of fused-ring (bicyclic) bond motifs is 1. The molecule has 186 valence electrons. The molecule has 2 N–H and O–H groups in total. The molecule has 0 radical (unpaired) electrons. The number of imidazole rings is 1. The first-order valence-corrected chi connectivity index (χ1v) is 11.3. The molecular weight excluding hydrogens is 461 g/mol. The number of ether oxygens (including phenoxy) is 1. The van der Waals surface area contributed by atoms with Crippen molar-refractivity contribution in [3.05, 3.63) is 59.4 Å². The van der Waals surface area contributed by atoms with Gasteiger partial charge in [-0.25, -0.2) is 4.98 Å². The van der Waals surface area contributed by atoms with Crippen LogP contribution in [0, 0.1) is 0 Å². The fourth-order valence-electron chi connectivity index (χ4n) is 4.52. The van der Waals surface area contributed by atoms with Gasteiger partial charge in [-0.05, 0) is 55.2 Å². The van der Waals surface area contributed by atoms with Gasteiger partial charge in [0.05, 0.1) is 30.3 Å². The van der Waals surface area contributed by atoms with Gasteiger partial charge in [-0.2, -0.15) is 13.2 Å². The molecule has 2 heterocycles. The number of alkyl halides is 3. The first-order chi connectivity index (χ1) is 16.6. The number of nitrogens with zero attached hydrogens (tertiary/aromatic N) is 2. The van der Waals surface area contributed by atoms with Crippen molar-refractivity contribution in [2.45, 2.75) is 50.4 Å². The van der Waals surface area contributed by atoms with E-state index in [1.165, 1.54) is 6.07 Å². The van der Waals surface area contributed by atoms with Gasteiger partial charge in [-0.15, -0.1) is 0 Å². The van der Waals surface area contributed by atoms with E-state index in [1.807, 2.05) is 24.3 Å². The maximum absolute atomic E-state index is 13.0. The molecule has 1 fully saturated rings. The summed E-state index contributed by atoms with van der Waals surface area (Å²) in [6.07, 6.45) is -2.14. The van der Waals surface area contributed by atoms with Crippen LogP contribution in [-0.4, -0.2) is 34.0 Å². The summed E-state index contributed by atoms with van der Waals surface area (Å²) in [7, 11) is 3.29. The fourth-order valence-corrected chi connectivity index (χ4v) is 4.52. The summed E-state index contributed by atoms with van der Waals surface area (Å²) in [6, 6.07) is 11.0. The van der Waals surface area contributed by atoms with Crippen LogP contribution < -0.4 is 15.4 Å². The number of carbonyl (C=O) groups excluding carboxylic acids is 2. The SMILES string of the molecule is COc1ccc(CC2(CCC(=O)NCc3nc4cc(C(F)(F)F)ccc4n3C)CCC(=O)N2)cc1. The highest BCUT2D eigenvalue weighted by Gasteiger charge is 2.38. The highest BCUT2D eigenvalue weighted by atomic mass is 19.4. The molecule has 1 aromatic heterocycles. The minimum atomic E-state index is -4.45. The highest BCUT2D eigenvalue weighted by Crippen LogP contribution is 2.32. The van der Waals surface area contributed by atoms with Crippen molar-refractivity contribution >= 4 is 22.8 Å². The minimum absolute atomic E-state index is 0.0307. The number of hydrogen-bond donors (Lipinski definition) is 2. The van der Waals surface area contributed by atoms with Crippen LogP contribution in [0.1, 0.15) is 42.6 Å². The van der Waals surface area contributed by atoms with Crippen molar-refractivity contribution in [1.82, 2.24) is 20.2 Å². The summed E-state index contributed by atoms with van der Waals surface area (Å²) in [4.78, 5) is 28.9. The molecule has 35 heavy (non-hydrogen) atoms. The number of nitrogens with one attached hydrogen (secondary N) is 2. The van der Waals surface area contributed by atoms with E-state index in [9.17, 15) is 22.8 Å². The molecular formula is C25H27F3N4O3. The van der Waals surface area contributed by atoms with E-state index in [1.54, 1.807) is 18.7 Å². The third-order valence-electron chi connectivity index (χ3n) is 6.51. The zero-order valence-electron chi connectivity index (χ0n) is 19.5. The van der Waals surface area contributed by atoms with E-state index in [0.717, 1.165) is 23.4 Å². The maximum atomic E-state index is 13.0. The van der Waals surface area contributed by atoms with E-state index >= 15 is 0 Å². The quantitative estimate of drug-likeness (QED) is 0.504. The lowest BCUT2D eigenvalue weighted by atomic mass is 9.85. The van der Waals surface area contributed by atoms with Crippen LogP contribution in [0.4, 0.5) is 13.2 Å². The number of carbonyl (C=O) groups is 2. The molecule has 0 spiro atoms. The summed E-state index contributed by atoms with van der Waals surface area (Å²) in [6.45, 7) is 0.0865. The number of halogens is 3. The number of benzene rings is 2. The van der Waals surface area contributed by atoms with Gasteiger partial charge in [-0.3, -0.25) is 9.59 Å². The third-order valence-corrected chi connectivity index (χ3v) is 6.51. The second kappa shape index (κ2) is 9.59. The van der Waals surface area contributed by atoms with Crippen LogP contribution in [-0.2, 0) is 35.8 Å². The third kappa shape index (κ3) is 5.58. The highest BCUT2D eigenvalue weighted by molar-refractivity contribution is 5.80. The van der Waals surface area contributed by atoms with Gasteiger partial charge in [-0.1, -0.05) is 12.1 Å². The fraction of sp³-hybridized carbons (Fsp3) is 0.400. The lowest BCUT2D eigenvalue weighted by molar-refractivity contribution is -0.137. The van der Waals surface area contributed by atoms with Crippen LogP contribution in [0.25, 0.3) is 11.0 Å². The van der Waals surface area contributed by atoms with Crippen LogP contribution in [0.3, 0.4) is 0 Å². The van der Waals surface area contributed by atoms with Gasteiger partial charge in [0.25, 0.3) is 0 Å². The number of aryl methyl sites for hydroxylation is 1. The average Bonchev–Trinajstić information content (AvgIpc) is 3.35. The molecule has 1 unspecified atom stereocenters. The Morgan fingerprint density at radius 2 is 1.97 bits per heavy atom. The molecule has 3 aromatic rings. The van der Waals surface area contributed by atoms with Crippen LogP contribution in [0.5, 0.6) is 5.75 Å². The first kappa shape index (κ1) is 24.6. The first-order valence-electron chi connectivity index (χ1n) is 11.3. The van der Waals surface area contributed by atoms with Crippen molar-refractivity contribution in [3.8, 4) is 5.75 Å². The molecule has 0 saturated carbocycles. The molecule has 0 aliphatic carbocycles. The smallest absolute Gasteiger partial charge is 0.416 e. The van der Waals surface area contributed by atoms with E-state index in [4.69, 9.17) is 4.74 Å². The molecule has 1 atom stereocenters. The Hall–Kier alpha value is -3.56. The van der Waals surface area contributed by atoms with Crippen molar-refractivity contribution in [2.75, 3.05) is 7.11 Å². The van der Waals surface area contributed by atoms with Gasteiger partial charge in [0, 0.05) is 25.4 Å². The Morgan fingerprint density at radius 1 is 1.23 bits per heavy atom. The number of amides is 2. The van der Waals surface area contributed by atoms with Gasteiger partial charge >= 0.3 is 6.18 Å². The Balaban J connectivity index is 1.38. The monoisotopic (exact) mass is 488 g/mol. The second-order valence-corrected chi connectivity index (χ2v) is 8.92. The second-order valence-electron chi connectivity index (χ2n) is 8.92. The van der Waals surface area contributed by atoms with Gasteiger partial charge in [0.1, 0.15) is 11.6 Å². The Morgan fingerprint density at radius 3 is 2.60 bits per heavy atom. The summed E-state index contributed by atoms with van der Waals surface area (Å²) in [5.41, 5.74) is 0.536. The van der Waals surface area contributed by atoms with E-state index in [0.29, 0.717) is 37.0 Å². The van der Waals surface area contributed by atoms with Crippen LogP contribution >= 0.6 is 0 Å². The van der Waals surface area contributed by atoms with E-state index in [-0.39, 0.29) is 30.3 Å². The lowest BCUT2D eigenvalue weighted by Gasteiger charge is -2.29. The Kier molecular flexibility index (Phi) is 6.73.